The number of benzene rings is 1. The van der Waals surface area contributed by atoms with Gasteiger partial charge in [0.2, 0.25) is 23.6 Å². The summed E-state index contributed by atoms with van der Waals surface area (Å²) in [5.41, 5.74) is 0.427. The Bertz CT molecular complexity index is 1050. The molecule has 2 aliphatic rings. The fraction of sp³-hybridized carbons (Fsp3) is 0.560. The molecule has 10 nitrogen and oxygen atoms in total. The van der Waals surface area contributed by atoms with Gasteiger partial charge in [-0.3, -0.25) is 19.2 Å². The maximum Gasteiger partial charge on any atom is 0.246 e. The van der Waals surface area contributed by atoms with Crippen molar-refractivity contribution in [1.29, 1.82) is 5.26 Å². The zero-order valence-electron chi connectivity index (χ0n) is 20.6. The van der Waals surface area contributed by atoms with Crippen LogP contribution in [0.4, 0.5) is 5.69 Å². The van der Waals surface area contributed by atoms with Crippen LogP contribution in [0.1, 0.15) is 45.6 Å². The minimum atomic E-state index is -1.02. The van der Waals surface area contributed by atoms with Crippen LogP contribution in [0.25, 0.3) is 0 Å². The number of carbonyl (C=O) groups excluding carboxylic acids is 4. The molecule has 4 atom stereocenters. The molecule has 0 unspecified atom stereocenters. The number of nitrogens with zero attached hydrogens (tertiary/aromatic N) is 3. The number of likely N-dealkylation sites (N-methyl/N-ethyl adjacent to an activating group) is 1. The van der Waals surface area contributed by atoms with E-state index in [9.17, 15) is 29.5 Å². The van der Waals surface area contributed by atoms with E-state index in [1.54, 1.807) is 6.07 Å². The first kappa shape index (κ1) is 26.2. The molecule has 4 amide bonds. The van der Waals surface area contributed by atoms with Crippen molar-refractivity contribution < 1.29 is 24.3 Å². The van der Waals surface area contributed by atoms with Crippen molar-refractivity contribution in [2.24, 2.45) is 5.92 Å². The van der Waals surface area contributed by atoms with Crippen LogP contribution in [0.15, 0.2) is 24.3 Å². The van der Waals surface area contributed by atoms with Gasteiger partial charge < -0.3 is 25.5 Å². The number of amides is 4. The normalized spacial score (nSPS) is 22.4. The molecule has 3 N–H and O–H groups in total. The zero-order valence-corrected chi connectivity index (χ0v) is 20.6. The van der Waals surface area contributed by atoms with Gasteiger partial charge >= 0.3 is 0 Å². The topological polar surface area (TPSA) is 143 Å². The van der Waals surface area contributed by atoms with Gasteiger partial charge in [0.25, 0.3) is 0 Å². The molecule has 0 bridgehead atoms. The molecule has 188 valence electrons. The smallest absolute Gasteiger partial charge is 0.246 e. The van der Waals surface area contributed by atoms with Crippen LogP contribution in [0.3, 0.4) is 0 Å². The standard InChI is InChI=1S/C25H33N5O5/c1-15(2)9-20(29(4)22(33)10-21(32)27-13-16(3)31)23(34)30-14-25(11-17(30)12-26)18-7-5-6-8-19(18)28-24(25)35/h5-8,15-17,20,31H,9-11,13-14H2,1-4H3,(H,27,32)(H,28,35)/t16-,17+,20+,25+/m1/s1. The summed E-state index contributed by atoms with van der Waals surface area (Å²) < 4.78 is 0. The number of likely N-dealkylation sites (tertiary alicyclic amines) is 1. The summed E-state index contributed by atoms with van der Waals surface area (Å²) in [6.07, 6.45) is -0.704. The first-order chi connectivity index (χ1) is 16.5. The molecule has 3 rings (SSSR count). The summed E-state index contributed by atoms with van der Waals surface area (Å²) in [4.78, 5) is 54.4. The fourth-order valence-corrected chi connectivity index (χ4v) is 4.81. The number of fused-ring (bicyclic) bond motifs is 2. The molecule has 2 aliphatic heterocycles. The zero-order chi connectivity index (χ0) is 25.9. The van der Waals surface area contributed by atoms with E-state index in [1.165, 1.54) is 23.8 Å². The van der Waals surface area contributed by atoms with Crippen LogP contribution in [-0.4, -0.2) is 76.9 Å². The van der Waals surface area contributed by atoms with Crippen LogP contribution >= 0.6 is 0 Å². The minimum absolute atomic E-state index is 0.0213. The van der Waals surface area contributed by atoms with Crippen molar-refractivity contribution in [2.45, 2.75) is 63.6 Å². The van der Waals surface area contributed by atoms with Crippen molar-refractivity contribution in [3.05, 3.63) is 29.8 Å². The van der Waals surface area contributed by atoms with Crippen LogP contribution in [0, 0.1) is 17.2 Å². The van der Waals surface area contributed by atoms with Crippen molar-refractivity contribution in [3.63, 3.8) is 0 Å². The second-order valence-corrected chi connectivity index (χ2v) is 9.88. The van der Waals surface area contributed by atoms with Crippen LogP contribution in [0.5, 0.6) is 0 Å². The Morgan fingerprint density at radius 1 is 1.31 bits per heavy atom. The summed E-state index contributed by atoms with van der Waals surface area (Å²) in [7, 11) is 1.47. The van der Waals surface area contributed by atoms with E-state index in [2.05, 4.69) is 16.7 Å². The summed E-state index contributed by atoms with van der Waals surface area (Å²) in [5.74, 6) is -1.70. The molecule has 0 aliphatic carbocycles. The summed E-state index contributed by atoms with van der Waals surface area (Å²) >= 11 is 0. The van der Waals surface area contributed by atoms with Crippen molar-refractivity contribution in [3.8, 4) is 6.07 Å². The summed E-state index contributed by atoms with van der Waals surface area (Å²) in [6.45, 7) is 5.42. The quantitative estimate of drug-likeness (QED) is 0.466. The number of hydrogen-bond donors (Lipinski definition) is 3. The van der Waals surface area contributed by atoms with Gasteiger partial charge in [-0.15, -0.1) is 0 Å². The van der Waals surface area contributed by atoms with Crippen molar-refractivity contribution in [2.75, 3.05) is 25.5 Å². The summed E-state index contributed by atoms with van der Waals surface area (Å²) in [5, 5.41) is 24.5. The number of anilines is 1. The Morgan fingerprint density at radius 2 is 2.00 bits per heavy atom. The number of nitriles is 1. The fourth-order valence-electron chi connectivity index (χ4n) is 4.81. The molecule has 1 aromatic carbocycles. The van der Waals surface area contributed by atoms with Gasteiger partial charge in [-0.2, -0.15) is 5.26 Å². The average Bonchev–Trinajstić information content (AvgIpc) is 3.33. The van der Waals surface area contributed by atoms with Gasteiger partial charge in [0.05, 0.1) is 17.6 Å². The lowest BCUT2D eigenvalue weighted by Crippen LogP contribution is -2.52. The Morgan fingerprint density at radius 3 is 2.63 bits per heavy atom. The highest BCUT2D eigenvalue weighted by atomic mass is 16.3. The Hall–Kier alpha value is -3.45. The molecule has 0 radical (unpaired) electrons. The predicted octanol–water partition coefficient (Wildman–Crippen LogP) is 0.761. The number of aliphatic hydroxyl groups is 1. The molecule has 1 fully saturated rings. The van der Waals surface area contributed by atoms with Gasteiger partial charge in [0.15, 0.2) is 0 Å². The average molecular weight is 484 g/mol. The highest BCUT2D eigenvalue weighted by Crippen LogP contribution is 2.46. The van der Waals surface area contributed by atoms with E-state index in [4.69, 9.17) is 0 Å². The first-order valence-corrected chi connectivity index (χ1v) is 11.8. The van der Waals surface area contributed by atoms with Crippen LogP contribution in [0.2, 0.25) is 0 Å². The molecule has 1 spiro atoms. The summed E-state index contributed by atoms with van der Waals surface area (Å²) in [6, 6.07) is 7.72. The number of hydrogen-bond acceptors (Lipinski definition) is 6. The molecule has 0 aromatic heterocycles. The van der Waals surface area contributed by atoms with Crippen LogP contribution < -0.4 is 10.6 Å². The third-order valence-corrected chi connectivity index (χ3v) is 6.66. The van der Waals surface area contributed by atoms with Gasteiger partial charge in [0.1, 0.15) is 18.5 Å². The van der Waals surface area contributed by atoms with Crippen molar-refractivity contribution in [1.82, 2.24) is 15.1 Å². The number of para-hydroxylation sites is 1. The van der Waals surface area contributed by atoms with Gasteiger partial charge in [-0.05, 0) is 30.9 Å². The van der Waals surface area contributed by atoms with E-state index >= 15 is 0 Å². The number of carbonyl (C=O) groups is 4. The lowest BCUT2D eigenvalue weighted by Gasteiger charge is -2.33. The molecular formula is C25H33N5O5. The highest BCUT2D eigenvalue weighted by Gasteiger charge is 2.56. The van der Waals surface area contributed by atoms with E-state index in [0.29, 0.717) is 12.1 Å². The maximum atomic E-state index is 13.8. The largest absolute Gasteiger partial charge is 0.392 e. The molecular weight excluding hydrogens is 450 g/mol. The Balaban J connectivity index is 1.83. The molecule has 35 heavy (non-hydrogen) atoms. The van der Waals surface area contributed by atoms with E-state index < -0.39 is 47.7 Å². The number of nitrogens with one attached hydrogen (secondary N) is 2. The van der Waals surface area contributed by atoms with Crippen molar-refractivity contribution >= 4 is 29.3 Å². The second-order valence-electron chi connectivity index (χ2n) is 9.88. The van der Waals surface area contributed by atoms with E-state index in [-0.39, 0.29) is 31.3 Å². The first-order valence-electron chi connectivity index (χ1n) is 11.8. The van der Waals surface area contributed by atoms with Gasteiger partial charge in [-0.25, -0.2) is 0 Å². The van der Waals surface area contributed by atoms with Gasteiger partial charge in [-0.1, -0.05) is 32.0 Å². The number of aliphatic hydroxyl groups excluding tert-OH is 1. The lowest BCUT2D eigenvalue weighted by atomic mass is 9.80. The molecule has 0 saturated carbocycles. The van der Waals surface area contributed by atoms with E-state index in [1.807, 2.05) is 32.0 Å². The molecule has 2 heterocycles. The lowest BCUT2D eigenvalue weighted by molar-refractivity contribution is -0.147. The minimum Gasteiger partial charge on any atom is -0.392 e. The van der Waals surface area contributed by atoms with E-state index in [0.717, 1.165) is 5.56 Å². The Kier molecular flexibility index (Phi) is 7.80. The predicted molar refractivity (Wildman–Crippen MR) is 128 cm³/mol. The third kappa shape index (κ3) is 5.30. The Labute approximate surface area is 205 Å². The number of rotatable bonds is 8. The molecule has 10 heteroatoms. The van der Waals surface area contributed by atoms with Crippen LogP contribution in [-0.2, 0) is 24.6 Å². The maximum absolute atomic E-state index is 13.8. The molecule has 1 saturated heterocycles. The molecule has 1 aromatic rings. The monoisotopic (exact) mass is 483 g/mol. The second kappa shape index (κ2) is 10.4. The SMILES string of the molecule is CC(C)C[C@@H](C(=O)N1C[C@]2(C[C@H]1C#N)C(=O)Nc1ccccc12)N(C)C(=O)CC(=O)NC[C@@H](C)O. The highest BCUT2D eigenvalue weighted by molar-refractivity contribution is 6.07. The van der Waals surface area contributed by atoms with Gasteiger partial charge in [0, 0.05) is 32.2 Å². The third-order valence-electron chi connectivity index (χ3n) is 6.66.